The molecule has 0 aromatic rings. The summed E-state index contributed by atoms with van der Waals surface area (Å²) in [5.41, 5.74) is 1.06. The molecule has 2 aliphatic carbocycles. The molecule has 0 aromatic carbocycles. The molecular weight excluding hydrogens is 466 g/mol. The lowest BCUT2D eigenvalue weighted by molar-refractivity contribution is -0.151. The van der Waals surface area contributed by atoms with Crippen molar-refractivity contribution in [3.05, 3.63) is 23.3 Å². The lowest BCUT2D eigenvalue weighted by atomic mass is 9.54. The van der Waals surface area contributed by atoms with Crippen LogP contribution < -0.4 is 5.32 Å². The molecule has 2 N–H and O–H groups in total. The lowest BCUT2D eigenvalue weighted by Gasteiger charge is -2.46. The van der Waals surface area contributed by atoms with E-state index in [0.717, 1.165) is 12.0 Å². The molecule has 1 aliphatic heterocycles. The molecule has 3 rings (SSSR count). The van der Waals surface area contributed by atoms with Crippen LogP contribution in [0.3, 0.4) is 0 Å². The quantitative estimate of drug-likeness (QED) is 0.311. The van der Waals surface area contributed by atoms with Crippen molar-refractivity contribution in [2.75, 3.05) is 12.4 Å². The fourth-order valence-corrected chi connectivity index (χ4v) is 7.73. The molecular formula is C27H41NO6S. The number of nitrogens with one attached hydrogen (secondary N) is 1. The molecule has 1 spiro atoms. The van der Waals surface area contributed by atoms with E-state index in [1.54, 1.807) is 6.92 Å². The molecule has 8 atom stereocenters. The van der Waals surface area contributed by atoms with Gasteiger partial charge in [0.1, 0.15) is 5.41 Å². The first-order valence-corrected chi connectivity index (χ1v) is 14.2. The van der Waals surface area contributed by atoms with E-state index >= 15 is 0 Å². The smallest absolute Gasteiger partial charge is 0.335 e. The largest absolute Gasteiger partial charge is 0.464 e. The number of allylic oxidation sites excluding steroid dienone is 4. The number of aliphatic hydroxyl groups is 1. The summed E-state index contributed by atoms with van der Waals surface area (Å²) in [6, 6.07) is -0.0905. The summed E-state index contributed by atoms with van der Waals surface area (Å²) in [6.45, 7) is 12.2. The fraction of sp³-hybridized carbons (Fsp3) is 0.741. The molecule has 2 unspecified atom stereocenters. The number of carbonyl (C=O) groups is 3. The minimum atomic E-state index is -1.65. The van der Waals surface area contributed by atoms with Gasteiger partial charge in [-0.1, -0.05) is 44.1 Å². The Hall–Kier alpha value is -1.80. The van der Waals surface area contributed by atoms with Crippen molar-refractivity contribution in [3.8, 4) is 0 Å². The Bertz CT molecular complexity index is 940. The van der Waals surface area contributed by atoms with Gasteiger partial charge in [0, 0.05) is 40.3 Å². The third kappa shape index (κ3) is 5.33. The number of rotatable bonds is 7. The molecule has 1 amide bonds. The second-order valence-corrected chi connectivity index (χ2v) is 12.7. The van der Waals surface area contributed by atoms with E-state index < -0.39 is 33.5 Å². The van der Waals surface area contributed by atoms with Crippen LogP contribution in [-0.4, -0.2) is 56.7 Å². The maximum Gasteiger partial charge on any atom is 0.335 e. The topological polar surface area (TPSA) is 110 Å². The average molecular weight is 508 g/mol. The number of ketones is 1. The summed E-state index contributed by atoms with van der Waals surface area (Å²) in [5.74, 6) is -1.45. The minimum absolute atomic E-state index is 0.0274. The number of ether oxygens (including phenoxy) is 1. The van der Waals surface area contributed by atoms with Gasteiger partial charge in [0.25, 0.3) is 0 Å². The van der Waals surface area contributed by atoms with Crippen LogP contribution in [0.1, 0.15) is 67.2 Å². The zero-order chi connectivity index (χ0) is 26.1. The SMILES string of the molecule is CCOC(=O)C(O)CS(=O)[C@H]1CC=C(C)C[C@H]2C=C(C)[C@@H](C)[C@H]3[C@H](CC(C)C)NC(=O)[C@]32C(=O)C1. The molecule has 0 radical (unpaired) electrons. The zero-order valence-electron chi connectivity index (χ0n) is 21.8. The van der Waals surface area contributed by atoms with Crippen LogP contribution in [0.25, 0.3) is 0 Å². The Morgan fingerprint density at radius 2 is 1.97 bits per heavy atom. The van der Waals surface area contributed by atoms with Crippen molar-refractivity contribution in [1.29, 1.82) is 0 Å². The average Bonchev–Trinajstić information content (AvgIpc) is 3.08. The van der Waals surface area contributed by atoms with Crippen LogP contribution in [0.15, 0.2) is 23.3 Å². The van der Waals surface area contributed by atoms with Crippen molar-refractivity contribution in [2.24, 2.45) is 29.1 Å². The molecule has 1 fully saturated rings. The van der Waals surface area contributed by atoms with Crippen LogP contribution in [0.4, 0.5) is 0 Å². The van der Waals surface area contributed by atoms with Crippen LogP contribution in [0.5, 0.6) is 0 Å². The highest BCUT2D eigenvalue weighted by Gasteiger charge is 2.65. The van der Waals surface area contributed by atoms with Gasteiger partial charge in [-0.15, -0.1) is 0 Å². The third-order valence-electron chi connectivity index (χ3n) is 8.08. The second kappa shape index (κ2) is 11.1. The van der Waals surface area contributed by atoms with E-state index in [2.05, 4.69) is 39.1 Å². The van der Waals surface area contributed by atoms with Crippen LogP contribution in [0, 0.1) is 29.1 Å². The number of carbonyl (C=O) groups excluding carboxylic acids is 3. The highest BCUT2D eigenvalue weighted by Crippen LogP contribution is 2.56. The Morgan fingerprint density at radius 3 is 2.60 bits per heavy atom. The number of esters is 1. The molecule has 0 bridgehead atoms. The highest BCUT2D eigenvalue weighted by molar-refractivity contribution is 7.85. The highest BCUT2D eigenvalue weighted by atomic mass is 32.2. The Labute approximate surface area is 211 Å². The molecule has 196 valence electrons. The summed E-state index contributed by atoms with van der Waals surface area (Å²) in [4.78, 5) is 39.8. The maximum atomic E-state index is 14.2. The van der Waals surface area contributed by atoms with Gasteiger partial charge in [0.15, 0.2) is 11.9 Å². The van der Waals surface area contributed by atoms with Gasteiger partial charge in [-0.05, 0) is 51.9 Å². The molecule has 3 aliphatic rings. The monoisotopic (exact) mass is 507 g/mol. The van der Waals surface area contributed by atoms with Gasteiger partial charge in [-0.3, -0.25) is 13.8 Å². The second-order valence-electron chi connectivity index (χ2n) is 11.0. The van der Waals surface area contributed by atoms with Gasteiger partial charge in [-0.2, -0.15) is 0 Å². The predicted octanol–water partition coefficient (Wildman–Crippen LogP) is 3.09. The van der Waals surface area contributed by atoms with Crippen molar-refractivity contribution in [1.82, 2.24) is 5.32 Å². The number of hydrogen-bond acceptors (Lipinski definition) is 6. The number of hydrogen-bond donors (Lipinski definition) is 2. The van der Waals surface area contributed by atoms with E-state index in [-0.39, 0.29) is 54.3 Å². The summed E-state index contributed by atoms with van der Waals surface area (Å²) >= 11 is 0. The van der Waals surface area contributed by atoms with Gasteiger partial charge in [0.2, 0.25) is 5.91 Å². The van der Waals surface area contributed by atoms with Crippen LogP contribution in [-0.2, 0) is 29.9 Å². The van der Waals surface area contributed by atoms with Crippen molar-refractivity contribution in [3.63, 3.8) is 0 Å². The van der Waals surface area contributed by atoms with Gasteiger partial charge >= 0.3 is 5.97 Å². The minimum Gasteiger partial charge on any atom is -0.464 e. The normalized spacial score (nSPS) is 34.9. The van der Waals surface area contributed by atoms with Crippen LogP contribution in [0.2, 0.25) is 0 Å². The Morgan fingerprint density at radius 1 is 1.29 bits per heavy atom. The molecule has 1 saturated heterocycles. The van der Waals surface area contributed by atoms with Gasteiger partial charge < -0.3 is 15.2 Å². The number of Topliss-reactive ketones (excluding diaryl/α,β-unsaturated/α-hetero) is 1. The molecule has 0 saturated carbocycles. The van der Waals surface area contributed by atoms with Gasteiger partial charge in [0.05, 0.1) is 12.4 Å². The van der Waals surface area contributed by atoms with E-state index in [4.69, 9.17) is 4.74 Å². The molecule has 1 heterocycles. The molecule has 35 heavy (non-hydrogen) atoms. The van der Waals surface area contributed by atoms with Crippen LogP contribution >= 0.6 is 0 Å². The van der Waals surface area contributed by atoms with Gasteiger partial charge in [-0.25, -0.2) is 4.79 Å². The zero-order valence-corrected chi connectivity index (χ0v) is 22.7. The molecule has 7 nitrogen and oxygen atoms in total. The molecule has 0 aromatic heterocycles. The summed E-state index contributed by atoms with van der Waals surface area (Å²) in [7, 11) is -1.65. The Balaban J connectivity index is 2.00. The van der Waals surface area contributed by atoms with E-state index in [0.29, 0.717) is 18.8 Å². The summed E-state index contributed by atoms with van der Waals surface area (Å²) < 4.78 is 18.1. The first-order chi connectivity index (χ1) is 16.4. The van der Waals surface area contributed by atoms with E-state index in [1.807, 2.05) is 13.0 Å². The third-order valence-corrected chi connectivity index (χ3v) is 9.83. The maximum absolute atomic E-state index is 14.2. The standard InChI is InChI=1S/C27H41NO6S/c1-7-34-25(31)22(29)14-35(33)20-9-8-16(4)11-19-12-17(5)18(6)24-21(10-15(2)3)28-26(32)27(19,24)23(30)13-20/h8,12,15,18-22,24,29H,7,9-11,13-14H2,1-6H3,(H,28,32)/t18-,19+,20+,21+,22?,24+,27-,35?/m1/s1. The number of amides is 1. The number of aliphatic hydroxyl groups excluding tert-OH is 1. The Kier molecular flexibility index (Phi) is 8.79. The first-order valence-electron chi connectivity index (χ1n) is 12.8. The van der Waals surface area contributed by atoms with Crippen molar-refractivity contribution >= 4 is 28.5 Å². The van der Waals surface area contributed by atoms with E-state index in [1.165, 1.54) is 5.57 Å². The van der Waals surface area contributed by atoms with Crippen molar-refractivity contribution < 1.29 is 28.4 Å². The fourth-order valence-electron chi connectivity index (χ4n) is 6.36. The predicted molar refractivity (Wildman–Crippen MR) is 136 cm³/mol. The first kappa shape index (κ1) is 27.8. The van der Waals surface area contributed by atoms with E-state index in [9.17, 15) is 23.7 Å². The summed E-state index contributed by atoms with van der Waals surface area (Å²) in [6.07, 6.45) is 4.37. The molecule has 8 heteroatoms. The lowest BCUT2D eigenvalue weighted by Crippen LogP contribution is -2.53. The van der Waals surface area contributed by atoms with Crippen molar-refractivity contribution in [2.45, 2.75) is 84.6 Å². The summed E-state index contributed by atoms with van der Waals surface area (Å²) in [5, 5.41) is 12.8.